The molecule has 1 aliphatic heterocycles. The lowest BCUT2D eigenvalue weighted by atomic mass is 10.1. The van der Waals surface area contributed by atoms with Crippen molar-refractivity contribution in [2.24, 2.45) is 5.73 Å². The summed E-state index contributed by atoms with van der Waals surface area (Å²) in [6, 6.07) is 12.4. The van der Waals surface area contributed by atoms with Gasteiger partial charge in [-0.15, -0.1) is 0 Å². The minimum Gasteiger partial charge on any atom is -0.449 e. The number of carbonyl (C=O) groups excluding carboxylic acids is 1. The Morgan fingerprint density at radius 2 is 1.79 bits per heavy atom. The largest absolute Gasteiger partial charge is 0.449 e. The van der Waals surface area contributed by atoms with E-state index in [1.807, 2.05) is 12.1 Å². The summed E-state index contributed by atoms with van der Waals surface area (Å²) in [7, 11) is 0. The number of ether oxygens (including phenoxy) is 1. The molecule has 0 saturated carbocycles. The Balaban J connectivity index is 1.99. The zero-order valence-corrected chi connectivity index (χ0v) is 14.3. The van der Waals surface area contributed by atoms with Crippen LogP contribution in [0.25, 0.3) is 6.08 Å². The van der Waals surface area contributed by atoms with Crippen molar-refractivity contribution in [3.05, 3.63) is 63.8 Å². The molecule has 0 spiro atoms. The van der Waals surface area contributed by atoms with Crippen molar-refractivity contribution in [2.75, 3.05) is 18.0 Å². The van der Waals surface area contributed by atoms with Gasteiger partial charge in [-0.25, -0.2) is 0 Å². The van der Waals surface area contributed by atoms with Gasteiger partial charge in [-0.3, -0.25) is 4.79 Å². The van der Waals surface area contributed by atoms with E-state index in [1.165, 1.54) is 0 Å². The molecule has 2 aromatic rings. The number of anilines is 1. The predicted molar refractivity (Wildman–Crippen MR) is 97.5 cm³/mol. The predicted octanol–water partition coefficient (Wildman–Crippen LogP) is 4.11. The molecule has 124 valence electrons. The summed E-state index contributed by atoms with van der Waals surface area (Å²) in [4.78, 5) is 14.5. The highest BCUT2D eigenvalue weighted by Crippen LogP contribution is 2.37. The lowest BCUT2D eigenvalue weighted by Crippen LogP contribution is -2.38. The van der Waals surface area contributed by atoms with Gasteiger partial charge in [-0.1, -0.05) is 35.3 Å². The fraction of sp³-hybridized carbons (Fsp3) is 0.167. The van der Waals surface area contributed by atoms with Crippen molar-refractivity contribution in [2.45, 2.75) is 6.42 Å². The highest BCUT2D eigenvalue weighted by atomic mass is 35.5. The lowest BCUT2D eigenvalue weighted by molar-refractivity contribution is -0.117. The summed E-state index contributed by atoms with van der Waals surface area (Å²) in [5, 5.41) is 1.19. The molecular formula is C18H16Cl2N2O2. The third-order valence-electron chi connectivity index (χ3n) is 3.64. The second-order valence-corrected chi connectivity index (χ2v) is 6.25. The normalized spacial score (nSPS) is 15.4. The third-order valence-corrected chi connectivity index (χ3v) is 4.13. The van der Waals surface area contributed by atoms with E-state index in [1.54, 1.807) is 41.3 Å². The maximum absolute atomic E-state index is 12.8. The number of nitrogens with zero attached hydrogens (tertiary/aromatic N) is 1. The van der Waals surface area contributed by atoms with Crippen molar-refractivity contribution >= 4 is 40.9 Å². The third kappa shape index (κ3) is 3.56. The zero-order chi connectivity index (χ0) is 17.1. The number of hydrogen-bond donors (Lipinski definition) is 1. The summed E-state index contributed by atoms with van der Waals surface area (Å²) in [5.41, 5.74) is 7.08. The van der Waals surface area contributed by atoms with Crippen LogP contribution in [0.1, 0.15) is 12.0 Å². The van der Waals surface area contributed by atoms with Crippen LogP contribution in [0, 0.1) is 0 Å². The van der Waals surface area contributed by atoms with Gasteiger partial charge in [0.2, 0.25) is 0 Å². The SMILES string of the molecule is NCCCN1C(=O)/C(=C\c2ccc(Cl)cc2)Oc2ccc(Cl)cc21. The lowest BCUT2D eigenvalue weighted by Gasteiger charge is -2.30. The first kappa shape index (κ1) is 16.8. The zero-order valence-electron chi connectivity index (χ0n) is 12.8. The molecular weight excluding hydrogens is 347 g/mol. The van der Waals surface area contributed by atoms with E-state index in [4.69, 9.17) is 33.7 Å². The Morgan fingerprint density at radius 3 is 2.50 bits per heavy atom. The number of halogens is 2. The molecule has 0 radical (unpaired) electrons. The van der Waals surface area contributed by atoms with E-state index in [2.05, 4.69) is 0 Å². The highest BCUT2D eigenvalue weighted by molar-refractivity contribution is 6.31. The number of rotatable bonds is 4. The molecule has 0 unspecified atom stereocenters. The van der Waals surface area contributed by atoms with Crippen LogP contribution in [0.3, 0.4) is 0 Å². The first-order valence-electron chi connectivity index (χ1n) is 7.55. The molecule has 0 atom stereocenters. The number of amides is 1. The van der Waals surface area contributed by atoms with Crippen LogP contribution in [-0.2, 0) is 4.79 Å². The van der Waals surface area contributed by atoms with E-state index in [0.29, 0.717) is 41.0 Å². The van der Waals surface area contributed by atoms with Crippen molar-refractivity contribution in [3.8, 4) is 5.75 Å². The smallest absolute Gasteiger partial charge is 0.294 e. The summed E-state index contributed by atoms with van der Waals surface area (Å²) in [6.07, 6.45) is 2.39. The molecule has 0 saturated heterocycles. The van der Waals surface area contributed by atoms with Gasteiger partial charge < -0.3 is 15.4 Å². The van der Waals surface area contributed by atoms with E-state index in [9.17, 15) is 4.79 Å². The van der Waals surface area contributed by atoms with Crippen LogP contribution in [0.2, 0.25) is 10.0 Å². The molecule has 6 heteroatoms. The number of fused-ring (bicyclic) bond motifs is 1. The maximum atomic E-state index is 12.8. The number of benzene rings is 2. The number of carbonyl (C=O) groups is 1. The molecule has 1 aliphatic rings. The molecule has 3 rings (SSSR count). The van der Waals surface area contributed by atoms with Crippen molar-refractivity contribution in [1.82, 2.24) is 0 Å². The van der Waals surface area contributed by atoms with Gasteiger partial charge in [0.25, 0.3) is 5.91 Å². The van der Waals surface area contributed by atoms with E-state index in [-0.39, 0.29) is 11.7 Å². The summed E-state index contributed by atoms with van der Waals surface area (Å²) < 4.78 is 5.79. The van der Waals surface area contributed by atoms with Crippen molar-refractivity contribution in [3.63, 3.8) is 0 Å². The topological polar surface area (TPSA) is 55.6 Å². The molecule has 0 bridgehead atoms. The summed E-state index contributed by atoms with van der Waals surface area (Å²) in [5.74, 6) is 0.633. The minimum absolute atomic E-state index is 0.215. The Hall–Kier alpha value is -2.01. The van der Waals surface area contributed by atoms with E-state index >= 15 is 0 Å². The van der Waals surface area contributed by atoms with Gasteiger partial charge in [0.15, 0.2) is 11.5 Å². The van der Waals surface area contributed by atoms with Crippen molar-refractivity contribution < 1.29 is 9.53 Å². The average molecular weight is 363 g/mol. The first-order valence-corrected chi connectivity index (χ1v) is 8.30. The summed E-state index contributed by atoms with van der Waals surface area (Å²) >= 11 is 12.0. The molecule has 0 aliphatic carbocycles. The average Bonchev–Trinajstić information content (AvgIpc) is 2.57. The standard InChI is InChI=1S/C18H16Cl2N2O2/c19-13-4-2-12(3-5-13)10-17-18(23)22(9-1-8-21)15-11-14(20)6-7-16(15)24-17/h2-7,10-11H,1,8-9,21H2/b17-10+. The molecule has 0 aromatic heterocycles. The fourth-order valence-corrected chi connectivity index (χ4v) is 2.76. The number of nitrogens with two attached hydrogens (primary N) is 1. The molecule has 1 amide bonds. The van der Waals surface area contributed by atoms with Gasteiger partial charge in [-0.2, -0.15) is 0 Å². The Labute approximate surface area is 150 Å². The van der Waals surface area contributed by atoms with Crippen LogP contribution in [0.4, 0.5) is 5.69 Å². The molecule has 4 nitrogen and oxygen atoms in total. The van der Waals surface area contributed by atoms with Crippen molar-refractivity contribution in [1.29, 1.82) is 0 Å². The second kappa shape index (κ2) is 7.26. The Bertz CT molecular complexity index is 788. The highest BCUT2D eigenvalue weighted by Gasteiger charge is 2.30. The maximum Gasteiger partial charge on any atom is 0.294 e. The molecule has 0 fully saturated rings. The van der Waals surface area contributed by atoms with Gasteiger partial charge in [0, 0.05) is 16.6 Å². The van der Waals surface area contributed by atoms with Crippen LogP contribution >= 0.6 is 23.2 Å². The summed E-state index contributed by atoms with van der Waals surface area (Å²) in [6.45, 7) is 1.00. The van der Waals surface area contributed by atoms with Gasteiger partial charge >= 0.3 is 0 Å². The van der Waals surface area contributed by atoms with Gasteiger partial charge in [0.1, 0.15) is 0 Å². The minimum atomic E-state index is -0.215. The van der Waals surface area contributed by atoms with Crippen LogP contribution < -0.4 is 15.4 Å². The molecule has 1 heterocycles. The van der Waals surface area contributed by atoms with Crippen LogP contribution in [0.15, 0.2) is 48.2 Å². The number of hydrogen-bond acceptors (Lipinski definition) is 3. The quantitative estimate of drug-likeness (QED) is 0.832. The van der Waals surface area contributed by atoms with Crippen LogP contribution in [0.5, 0.6) is 5.75 Å². The first-order chi connectivity index (χ1) is 11.6. The van der Waals surface area contributed by atoms with Gasteiger partial charge in [-0.05, 0) is 54.9 Å². The van der Waals surface area contributed by atoms with Crippen LogP contribution in [-0.4, -0.2) is 19.0 Å². The van der Waals surface area contributed by atoms with Gasteiger partial charge in [0.05, 0.1) is 5.69 Å². The van der Waals surface area contributed by atoms with E-state index < -0.39 is 0 Å². The molecule has 2 N–H and O–H groups in total. The fourth-order valence-electron chi connectivity index (χ4n) is 2.47. The molecule has 24 heavy (non-hydrogen) atoms. The Kier molecular flexibility index (Phi) is 5.09. The molecule has 2 aromatic carbocycles. The second-order valence-electron chi connectivity index (χ2n) is 5.37. The Morgan fingerprint density at radius 1 is 1.08 bits per heavy atom. The van der Waals surface area contributed by atoms with E-state index in [0.717, 1.165) is 5.56 Å². The monoisotopic (exact) mass is 362 g/mol.